The van der Waals surface area contributed by atoms with Crippen molar-refractivity contribution >= 4 is 16.8 Å². The van der Waals surface area contributed by atoms with Gasteiger partial charge in [-0.1, -0.05) is 18.6 Å². The summed E-state index contributed by atoms with van der Waals surface area (Å²) in [6, 6.07) is 9.07. The molecule has 2 fully saturated rings. The Labute approximate surface area is 150 Å². The molecule has 2 atom stereocenters. The van der Waals surface area contributed by atoms with Gasteiger partial charge in [-0.05, 0) is 69.3 Å². The molecule has 0 saturated carbocycles. The lowest BCUT2D eigenvalue weighted by Gasteiger charge is -2.44. The Hall–Kier alpha value is -1.81. The highest BCUT2D eigenvalue weighted by atomic mass is 16.1. The first-order chi connectivity index (χ1) is 12.2. The second-order valence-corrected chi connectivity index (χ2v) is 7.76. The number of nitrogens with one attached hydrogen (secondary N) is 1. The molecule has 1 amide bonds. The molecule has 25 heavy (non-hydrogen) atoms. The van der Waals surface area contributed by atoms with Gasteiger partial charge in [-0.2, -0.15) is 0 Å². The lowest BCUT2D eigenvalue weighted by atomic mass is 9.83. The van der Waals surface area contributed by atoms with Gasteiger partial charge in [0.05, 0.1) is 0 Å². The number of piperidine rings is 2. The summed E-state index contributed by atoms with van der Waals surface area (Å²) in [5.74, 6) is 0.758. The second kappa shape index (κ2) is 7.20. The first kappa shape index (κ1) is 16.6. The molecule has 1 aromatic carbocycles. The van der Waals surface area contributed by atoms with E-state index in [1.807, 2.05) is 6.20 Å². The molecule has 2 aliphatic rings. The molecule has 0 aliphatic carbocycles. The normalized spacial score (nSPS) is 24.2. The molecule has 1 aromatic heterocycles. The zero-order valence-electron chi connectivity index (χ0n) is 15.2. The number of aromatic nitrogens is 1. The summed E-state index contributed by atoms with van der Waals surface area (Å²) < 4.78 is 2.06. The molecule has 2 aliphatic heterocycles. The van der Waals surface area contributed by atoms with Gasteiger partial charge in [-0.25, -0.2) is 0 Å². The largest absolute Gasteiger partial charge is 0.354 e. The van der Waals surface area contributed by atoms with Crippen LogP contribution in [0.25, 0.3) is 10.9 Å². The Balaban J connectivity index is 1.36. The van der Waals surface area contributed by atoms with Crippen molar-refractivity contribution in [2.75, 3.05) is 19.6 Å². The van der Waals surface area contributed by atoms with Gasteiger partial charge < -0.3 is 14.8 Å². The van der Waals surface area contributed by atoms with Gasteiger partial charge in [0.1, 0.15) is 6.54 Å². The Bertz CT molecular complexity index is 749. The van der Waals surface area contributed by atoms with E-state index in [1.54, 1.807) is 0 Å². The third-order valence-corrected chi connectivity index (χ3v) is 6.14. The van der Waals surface area contributed by atoms with Crippen LogP contribution in [0.5, 0.6) is 0 Å². The first-order valence-electron chi connectivity index (χ1n) is 9.77. The predicted molar refractivity (Wildman–Crippen MR) is 102 cm³/mol. The maximum Gasteiger partial charge on any atom is 0.239 e. The number of fused-ring (bicyclic) bond motifs is 2. The lowest BCUT2D eigenvalue weighted by molar-refractivity contribution is -0.122. The summed E-state index contributed by atoms with van der Waals surface area (Å²) in [6.45, 7) is 5.87. The van der Waals surface area contributed by atoms with Crippen LogP contribution in [0, 0.1) is 12.8 Å². The SMILES string of the molecule is Cc1cccc2c1ccn2CC(=O)NCC1CCCN2CCCCC12. The number of nitrogens with zero attached hydrogens (tertiary/aromatic N) is 2. The topological polar surface area (TPSA) is 37.3 Å². The van der Waals surface area contributed by atoms with E-state index in [0.29, 0.717) is 18.5 Å². The van der Waals surface area contributed by atoms with Crippen LogP contribution in [-0.4, -0.2) is 41.1 Å². The van der Waals surface area contributed by atoms with Gasteiger partial charge in [0, 0.05) is 29.7 Å². The van der Waals surface area contributed by atoms with E-state index in [-0.39, 0.29) is 5.91 Å². The number of carbonyl (C=O) groups excluding carboxylic acids is 1. The van der Waals surface area contributed by atoms with E-state index in [1.165, 1.54) is 56.1 Å². The van der Waals surface area contributed by atoms with E-state index in [0.717, 1.165) is 12.1 Å². The Kier molecular flexibility index (Phi) is 4.80. The third-order valence-electron chi connectivity index (χ3n) is 6.14. The molecule has 1 N–H and O–H groups in total. The molecular weight excluding hydrogens is 310 g/mol. The highest BCUT2D eigenvalue weighted by Gasteiger charge is 2.32. The van der Waals surface area contributed by atoms with Crippen molar-refractivity contribution in [2.45, 2.75) is 51.6 Å². The molecular formula is C21H29N3O. The second-order valence-electron chi connectivity index (χ2n) is 7.76. The molecule has 0 spiro atoms. The molecule has 134 valence electrons. The summed E-state index contributed by atoms with van der Waals surface area (Å²) >= 11 is 0. The zero-order chi connectivity index (χ0) is 17.2. The van der Waals surface area contributed by atoms with Crippen molar-refractivity contribution in [1.29, 1.82) is 0 Å². The van der Waals surface area contributed by atoms with Crippen molar-refractivity contribution < 1.29 is 4.79 Å². The minimum absolute atomic E-state index is 0.131. The van der Waals surface area contributed by atoms with E-state index in [2.05, 4.69) is 46.0 Å². The van der Waals surface area contributed by atoms with Crippen LogP contribution < -0.4 is 5.32 Å². The van der Waals surface area contributed by atoms with Crippen LogP contribution in [0.4, 0.5) is 0 Å². The number of aryl methyl sites for hydroxylation is 1. The molecule has 2 unspecified atom stereocenters. The third kappa shape index (κ3) is 3.45. The van der Waals surface area contributed by atoms with Crippen LogP contribution in [0.3, 0.4) is 0 Å². The number of rotatable bonds is 4. The predicted octanol–water partition coefficient (Wildman–Crippen LogP) is 3.33. The average molecular weight is 339 g/mol. The molecule has 4 heteroatoms. The number of benzene rings is 1. The lowest BCUT2D eigenvalue weighted by Crippen LogP contribution is -2.51. The Morgan fingerprint density at radius 1 is 1.16 bits per heavy atom. The van der Waals surface area contributed by atoms with Crippen molar-refractivity contribution in [3.63, 3.8) is 0 Å². The van der Waals surface area contributed by atoms with Gasteiger partial charge in [0.25, 0.3) is 0 Å². The molecule has 3 heterocycles. The maximum atomic E-state index is 12.5. The summed E-state index contributed by atoms with van der Waals surface area (Å²) in [5.41, 5.74) is 2.41. The van der Waals surface area contributed by atoms with Gasteiger partial charge in [0.2, 0.25) is 5.91 Å². The maximum absolute atomic E-state index is 12.5. The van der Waals surface area contributed by atoms with Crippen LogP contribution in [-0.2, 0) is 11.3 Å². The van der Waals surface area contributed by atoms with Crippen LogP contribution in [0.1, 0.15) is 37.7 Å². The van der Waals surface area contributed by atoms with Crippen molar-refractivity contribution in [2.24, 2.45) is 5.92 Å². The van der Waals surface area contributed by atoms with Crippen molar-refractivity contribution in [1.82, 2.24) is 14.8 Å². The molecule has 4 rings (SSSR count). The van der Waals surface area contributed by atoms with E-state index >= 15 is 0 Å². The van der Waals surface area contributed by atoms with Crippen molar-refractivity contribution in [3.8, 4) is 0 Å². The minimum Gasteiger partial charge on any atom is -0.354 e. The smallest absolute Gasteiger partial charge is 0.239 e. The summed E-state index contributed by atoms with van der Waals surface area (Å²) in [7, 11) is 0. The van der Waals surface area contributed by atoms with Crippen LogP contribution in [0.15, 0.2) is 30.5 Å². The zero-order valence-corrected chi connectivity index (χ0v) is 15.2. The first-order valence-corrected chi connectivity index (χ1v) is 9.77. The Morgan fingerprint density at radius 3 is 2.96 bits per heavy atom. The molecule has 4 nitrogen and oxygen atoms in total. The molecule has 2 aromatic rings. The highest BCUT2D eigenvalue weighted by molar-refractivity contribution is 5.85. The Morgan fingerprint density at radius 2 is 2.04 bits per heavy atom. The summed E-state index contributed by atoms with van der Waals surface area (Å²) in [6.07, 6.45) is 8.56. The van der Waals surface area contributed by atoms with Crippen molar-refractivity contribution in [3.05, 3.63) is 36.0 Å². The van der Waals surface area contributed by atoms with Gasteiger partial charge in [-0.3, -0.25) is 4.79 Å². The number of amides is 1. The van der Waals surface area contributed by atoms with E-state index < -0.39 is 0 Å². The summed E-state index contributed by atoms with van der Waals surface area (Å²) in [4.78, 5) is 15.2. The molecule has 0 radical (unpaired) electrons. The van der Waals surface area contributed by atoms with Crippen LogP contribution in [0.2, 0.25) is 0 Å². The summed E-state index contributed by atoms with van der Waals surface area (Å²) in [5, 5.41) is 4.45. The minimum atomic E-state index is 0.131. The fraction of sp³-hybridized carbons (Fsp3) is 0.571. The number of hydrogen-bond donors (Lipinski definition) is 1. The van der Waals surface area contributed by atoms with Gasteiger partial charge >= 0.3 is 0 Å². The fourth-order valence-electron chi connectivity index (χ4n) is 4.79. The highest BCUT2D eigenvalue weighted by Crippen LogP contribution is 2.30. The fourth-order valence-corrected chi connectivity index (χ4v) is 4.79. The monoisotopic (exact) mass is 339 g/mol. The number of hydrogen-bond acceptors (Lipinski definition) is 2. The van der Waals surface area contributed by atoms with E-state index in [9.17, 15) is 4.79 Å². The molecule has 0 bridgehead atoms. The standard InChI is InChI=1S/C21H29N3O/c1-16-6-4-9-20-18(16)10-13-24(20)15-21(25)22-14-17-7-5-12-23-11-3-2-8-19(17)23/h4,6,9-10,13,17,19H,2-3,5,7-8,11-12,14-15H2,1H3,(H,22,25). The van der Waals surface area contributed by atoms with Crippen LogP contribution >= 0.6 is 0 Å². The van der Waals surface area contributed by atoms with Gasteiger partial charge in [0.15, 0.2) is 0 Å². The molecule has 2 saturated heterocycles. The van der Waals surface area contributed by atoms with Gasteiger partial charge in [-0.15, -0.1) is 0 Å². The average Bonchev–Trinajstić information content (AvgIpc) is 3.04. The quantitative estimate of drug-likeness (QED) is 0.928. The van der Waals surface area contributed by atoms with E-state index in [4.69, 9.17) is 0 Å². The number of carbonyl (C=O) groups is 1.